The third-order valence-electron chi connectivity index (χ3n) is 6.29. The summed E-state index contributed by atoms with van der Waals surface area (Å²) in [6.45, 7) is 0.991. The minimum atomic E-state index is -1.21. The number of H-pyrrole nitrogens is 1. The van der Waals surface area contributed by atoms with Crippen LogP contribution in [0.1, 0.15) is 50.6 Å². The highest BCUT2D eigenvalue weighted by Gasteiger charge is 2.38. The Morgan fingerprint density at radius 1 is 1.16 bits per heavy atom. The van der Waals surface area contributed by atoms with Crippen molar-refractivity contribution in [2.24, 2.45) is 27.9 Å². The first-order chi connectivity index (χ1) is 18.1. The summed E-state index contributed by atoms with van der Waals surface area (Å²) in [6, 6.07) is -3.82. The lowest BCUT2D eigenvalue weighted by Gasteiger charge is -2.28. The zero-order valence-electron chi connectivity index (χ0n) is 21.5. The number of guanidine groups is 1. The van der Waals surface area contributed by atoms with Gasteiger partial charge in [-0.1, -0.05) is 0 Å². The van der Waals surface area contributed by atoms with Gasteiger partial charge in [0.1, 0.15) is 18.1 Å². The number of aliphatic imine (C=N–C) groups is 1. The monoisotopic (exact) mass is 536 g/mol. The number of aliphatic carboxylic acids is 1. The molecule has 15 nitrogen and oxygen atoms in total. The van der Waals surface area contributed by atoms with Crippen LogP contribution in [0.5, 0.6) is 0 Å². The van der Waals surface area contributed by atoms with Gasteiger partial charge in [0.2, 0.25) is 17.7 Å². The highest BCUT2D eigenvalue weighted by atomic mass is 16.4. The van der Waals surface area contributed by atoms with Gasteiger partial charge in [0.25, 0.3) is 0 Å². The smallest absolute Gasteiger partial charge is 0.326 e. The Hall–Kier alpha value is -3.72. The summed E-state index contributed by atoms with van der Waals surface area (Å²) >= 11 is 0. The number of imidazole rings is 1. The number of hydrogen-bond donors (Lipinski definition) is 8. The van der Waals surface area contributed by atoms with Crippen molar-refractivity contribution in [2.75, 3.05) is 19.6 Å². The highest BCUT2D eigenvalue weighted by Crippen LogP contribution is 2.19. The van der Waals surface area contributed by atoms with Gasteiger partial charge in [0, 0.05) is 31.4 Å². The van der Waals surface area contributed by atoms with Crippen molar-refractivity contribution in [2.45, 2.75) is 75.5 Å². The van der Waals surface area contributed by atoms with E-state index in [1.54, 1.807) is 6.20 Å². The molecule has 2 rings (SSSR count). The van der Waals surface area contributed by atoms with Crippen molar-refractivity contribution in [3.05, 3.63) is 18.2 Å². The number of nitrogens with zero attached hydrogens (tertiary/aromatic N) is 3. The van der Waals surface area contributed by atoms with Gasteiger partial charge in [-0.25, -0.2) is 9.78 Å². The second-order valence-corrected chi connectivity index (χ2v) is 9.27. The molecule has 1 aliphatic heterocycles. The molecule has 0 spiro atoms. The molecule has 12 N–H and O–H groups in total. The van der Waals surface area contributed by atoms with E-state index >= 15 is 0 Å². The SMILES string of the molecule is NCCCCC(NC(=O)C1CCCN1C(=O)C(N)Cc1cnc[nH]1)C(=O)NC(CCCN=C(N)N)C(=O)O. The largest absolute Gasteiger partial charge is 0.480 e. The van der Waals surface area contributed by atoms with E-state index in [0.29, 0.717) is 50.9 Å². The van der Waals surface area contributed by atoms with Crippen LogP contribution in [0.15, 0.2) is 17.5 Å². The van der Waals surface area contributed by atoms with Gasteiger partial charge in [0.05, 0.1) is 12.4 Å². The van der Waals surface area contributed by atoms with Crippen molar-refractivity contribution < 1.29 is 24.3 Å². The summed E-state index contributed by atoms with van der Waals surface area (Å²) in [6.07, 6.45) is 6.21. The number of rotatable bonds is 16. The van der Waals surface area contributed by atoms with Crippen molar-refractivity contribution >= 4 is 29.7 Å². The lowest BCUT2D eigenvalue weighted by molar-refractivity contribution is -0.143. The van der Waals surface area contributed by atoms with Crippen LogP contribution in [0.25, 0.3) is 0 Å². The van der Waals surface area contributed by atoms with E-state index in [1.807, 2.05) is 0 Å². The molecule has 1 saturated heterocycles. The molecule has 0 bridgehead atoms. The van der Waals surface area contributed by atoms with Crippen molar-refractivity contribution in [1.29, 1.82) is 0 Å². The number of likely N-dealkylation sites (tertiary alicyclic amines) is 1. The van der Waals surface area contributed by atoms with Gasteiger partial charge in [-0.05, 0) is 51.5 Å². The van der Waals surface area contributed by atoms with E-state index in [1.165, 1.54) is 11.2 Å². The average Bonchev–Trinajstić information content (AvgIpc) is 3.56. The Labute approximate surface area is 221 Å². The number of hydrogen-bond acceptors (Lipinski definition) is 8. The molecule has 1 aliphatic rings. The van der Waals surface area contributed by atoms with E-state index in [2.05, 4.69) is 25.6 Å². The van der Waals surface area contributed by atoms with Crippen molar-refractivity contribution in [3.8, 4) is 0 Å². The Morgan fingerprint density at radius 3 is 2.53 bits per heavy atom. The molecule has 2 heterocycles. The van der Waals surface area contributed by atoms with Crippen LogP contribution < -0.4 is 33.6 Å². The average molecular weight is 537 g/mol. The number of carbonyl (C=O) groups is 4. The summed E-state index contributed by atoms with van der Waals surface area (Å²) in [5.74, 6) is -2.80. The number of carbonyl (C=O) groups excluding carboxylic acids is 3. The Balaban J connectivity index is 2.04. The van der Waals surface area contributed by atoms with E-state index in [-0.39, 0.29) is 37.7 Å². The fraction of sp³-hybridized carbons (Fsp3) is 0.652. The van der Waals surface area contributed by atoms with Crippen LogP contribution in [0.2, 0.25) is 0 Å². The molecule has 4 atom stereocenters. The van der Waals surface area contributed by atoms with E-state index in [4.69, 9.17) is 22.9 Å². The minimum absolute atomic E-state index is 0.0977. The van der Waals surface area contributed by atoms with Gasteiger partial charge >= 0.3 is 5.97 Å². The molecule has 0 aromatic carbocycles. The Morgan fingerprint density at radius 2 is 1.89 bits per heavy atom. The third-order valence-corrected chi connectivity index (χ3v) is 6.29. The first-order valence-corrected chi connectivity index (χ1v) is 12.8. The lowest BCUT2D eigenvalue weighted by atomic mass is 10.1. The van der Waals surface area contributed by atoms with Crippen molar-refractivity contribution in [3.63, 3.8) is 0 Å². The maximum Gasteiger partial charge on any atom is 0.326 e. The van der Waals surface area contributed by atoms with Gasteiger partial charge < -0.3 is 48.6 Å². The number of carboxylic acids is 1. The maximum absolute atomic E-state index is 13.2. The number of carboxylic acid groups (broad SMARTS) is 1. The van der Waals surface area contributed by atoms with Gasteiger partial charge in [-0.3, -0.25) is 19.4 Å². The van der Waals surface area contributed by atoms with Crippen molar-refractivity contribution in [1.82, 2.24) is 25.5 Å². The quantitative estimate of drug-likeness (QED) is 0.0625. The normalized spacial score (nSPS) is 17.3. The first-order valence-electron chi connectivity index (χ1n) is 12.8. The molecule has 38 heavy (non-hydrogen) atoms. The predicted octanol–water partition coefficient (Wildman–Crippen LogP) is -2.49. The van der Waals surface area contributed by atoms with Crippen LogP contribution in [0.4, 0.5) is 0 Å². The third kappa shape index (κ3) is 9.63. The number of aromatic nitrogens is 2. The molecule has 0 saturated carbocycles. The second-order valence-electron chi connectivity index (χ2n) is 9.27. The number of unbranched alkanes of at least 4 members (excludes halogenated alkanes) is 1. The molecule has 0 radical (unpaired) electrons. The number of amides is 3. The molecule has 15 heteroatoms. The topological polar surface area (TPSA) is 261 Å². The second kappa shape index (κ2) is 15.5. The number of nitrogens with one attached hydrogen (secondary N) is 3. The van der Waals surface area contributed by atoms with Gasteiger partial charge in [0.15, 0.2) is 5.96 Å². The van der Waals surface area contributed by atoms with E-state index in [0.717, 1.165) is 0 Å². The summed E-state index contributed by atoms with van der Waals surface area (Å²) in [5.41, 5.74) is 22.9. The van der Waals surface area contributed by atoms with Gasteiger partial charge in [-0.2, -0.15) is 0 Å². The standard InChI is InChI=1S/C23H40N10O5/c24-8-2-1-5-16(19(34)32-17(22(37)38)6-3-9-29-23(26)27)31-20(35)18-7-4-10-33(18)21(36)15(25)11-14-12-28-13-30-14/h12-13,15-18H,1-11,24-25H2,(H,28,30)(H,31,35)(H,32,34)(H,37,38)(H4,26,27,29). The lowest BCUT2D eigenvalue weighted by Crippen LogP contribution is -2.56. The molecule has 3 amide bonds. The zero-order valence-corrected chi connectivity index (χ0v) is 21.5. The zero-order chi connectivity index (χ0) is 28.1. The maximum atomic E-state index is 13.2. The first kappa shape index (κ1) is 30.5. The summed E-state index contributed by atoms with van der Waals surface area (Å²) in [5, 5.41) is 14.8. The molecule has 212 valence electrons. The van der Waals surface area contributed by atoms with Crippen LogP contribution in [-0.2, 0) is 25.6 Å². The minimum Gasteiger partial charge on any atom is -0.480 e. The molecule has 1 fully saturated rings. The molecule has 1 aromatic heterocycles. The van der Waals surface area contributed by atoms with Crippen LogP contribution in [0.3, 0.4) is 0 Å². The molecule has 4 unspecified atom stereocenters. The summed E-state index contributed by atoms with van der Waals surface area (Å²) in [7, 11) is 0. The highest BCUT2D eigenvalue weighted by molar-refractivity contribution is 5.94. The molecule has 0 aliphatic carbocycles. The van der Waals surface area contributed by atoms with Crippen LogP contribution >= 0.6 is 0 Å². The predicted molar refractivity (Wildman–Crippen MR) is 139 cm³/mol. The Bertz CT molecular complexity index is 950. The van der Waals surface area contributed by atoms with Crippen LogP contribution in [0, 0.1) is 0 Å². The Kier molecular flexibility index (Phi) is 12.5. The van der Waals surface area contributed by atoms with Gasteiger partial charge in [-0.15, -0.1) is 0 Å². The molecular formula is C23H40N10O5. The number of nitrogens with two attached hydrogens (primary N) is 4. The van der Waals surface area contributed by atoms with Crippen LogP contribution in [-0.4, -0.2) is 93.4 Å². The molecule has 1 aromatic rings. The van der Waals surface area contributed by atoms with E-state index < -0.39 is 42.0 Å². The molecular weight excluding hydrogens is 496 g/mol. The fourth-order valence-corrected chi connectivity index (χ4v) is 4.30. The summed E-state index contributed by atoms with van der Waals surface area (Å²) < 4.78 is 0. The van der Waals surface area contributed by atoms with E-state index in [9.17, 15) is 24.3 Å². The number of aromatic amines is 1. The summed E-state index contributed by atoms with van der Waals surface area (Å²) in [4.78, 5) is 63.0. The fourth-order valence-electron chi connectivity index (χ4n) is 4.30.